The molecule has 1 amide bonds. The third kappa shape index (κ3) is 4.93. The van der Waals surface area contributed by atoms with Crippen LogP contribution in [-0.4, -0.2) is 36.5 Å². The van der Waals surface area contributed by atoms with Crippen molar-refractivity contribution in [3.05, 3.63) is 71.8 Å². The molecular weight excluding hydrogens is 284 g/mol. The van der Waals surface area contributed by atoms with Gasteiger partial charge in [0.05, 0.1) is 6.42 Å². The van der Waals surface area contributed by atoms with Gasteiger partial charge in [-0.1, -0.05) is 60.7 Å². The highest BCUT2D eigenvalue weighted by molar-refractivity contribution is 5.78. The van der Waals surface area contributed by atoms with Gasteiger partial charge in [0.1, 0.15) is 0 Å². The maximum Gasteiger partial charge on any atom is 0.224 e. The molecule has 0 bridgehead atoms. The average molecular weight is 308 g/mol. The molecule has 3 rings (SSSR count). The van der Waals surface area contributed by atoms with Crippen molar-refractivity contribution in [2.75, 3.05) is 19.6 Å². The van der Waals surface area contributed by atoms with Gasteiger partial charge in [-0.25, -0.2) is 0 Å². The highest BCUT2D eigenvalue weighted by atomic mass is 16.1. The lowest BCUT2D eigenvalue weighted by Gasteiger charge is -2.16. The minimum absolute atomic E-state index is 0.131. The third-order valence-electron chi connectivity index (χ3n) is 4.40. The first-order valence-corrected chi connectivity index (χ1v) is 8.39. The number of hydrogen-bond acceptors (Lipinski definition) is 2. The van der Waals surface area contributed by atoms with E-state index in [2.05, 4.69) is 40.5 Å². The fraction of sp³-hybridized carbons (Fsp3) is 0.350. The van der Waals surface area contributed by atoms with Crippen LogP contribution in [0.15, 0.2) is 60.7 Å². The van der Waals surface area contributed by atoms with Crippen molar-refractivity contribution >= 4 is 5.91 Å². The van der Waals surface area contributed by atoms with Crippen LogP contribution in [0, 0.1) is 0 Å². The van der Waals surface area contributed by atoms with Gasteiger partial charge < -0.3 is 10.2 Å². The molecular formula is C20H24N2O. The Morgan fingerprint density at radius 2 is 1.65 bits per heavy atom. The van der Waals surface area contributed by atoms with E-state index in [9.17, 15) is 4.79 Å². The van der Waals surface area contributed by atoms with E-state index in [1.54, 1.807) is 0 Å². The van der Waals surface area contributed by atoms with E-state index in [1.807, 2.05) is 30.3 Å². The van der Waals surface area contributed by atoms with E-state index in [4.69, 9.17) is 0 Å². The lowest BCUT2D eigenvalue weighted by Crippen LogP contribution is -2.38. The van der Waals surface area contributed by atoms with Gasteiger partial charge in [-0.15, -0.1) is 0 Å². The Kier molecular flexibility index (Phi) is 5.43. The summed E-state index contributed by atoms with van der Waals surface area (Å²) >= 11 is 0. The molecule has 0 spiro atoms. The zero-order valence-corrected chi connectivity index (χ0v) is 13.4. The number of nitrogens with one attached hydrogen (secondary N) is 1. The van der Waals surface area contributed by atoms with E-state index in [0.29, 0.717) is 12.5 Å². The summed E-state index contributed by atoms with van der Waals surface area (Å²) in [5, 5.41) is 3.17. The summed E-state index contributed by atoms with van der Waals surface area (Å²) < 4.78 is 0. The monoisotopic (exact) mass is 308 g/mol. The second-order valence-corrected chi connectivity index (χ2v) is 6.25. The number of carbonyl (C=O) groups excluding carboxylic acids is 1. The lowest BCUT2D eigenvalue weighted by molar-refractivity contribution is -0.121. The van der Waals surface area contributed by atoms with Crippen molar-refractivity contribution in [3.8, 4) is 0 Å². The summed E-state index contributed by atoms with van der Waals surface area (Å²) in [6.07, 6.45) is 2.60. The predicted molar refractivity (Wildman–Crippen MR) is 93.3 cm³/mol. The van der Waals surface area contributed by atoms with Crippen LogP contribution < -0.4 is 5.32 Å². The van der Waals surface area contributed by atoms with Crippen molar-refractivity contribution in [3.63, 3.8) is 0 Å². The van der Waals surface area contributed by atoms with Gasteiger partial charge in [-0.3, -0.25) is 4.79 Å². The van der Waals surface area contributed by atoms with E-state index in [0.717, 1.165) is 38.0 Å². The van der Waals surface area contributed by atoms with Gasteiger partial charge in [-0.2, -0.15) is 0 Å². The SMILES string of the molecule is O=C(Cc1ccccc1)NC1CCN(CCc2ccccc2)C1. The van der Waals surface area contributed by atoms with Crippen molar-refractivity contribution < 1.29 is 4.79 Å². The molecule has 1 aliphatic rings. The highest BCUT2D eigenvalue weighted by Crippen LogP contribution is 2.11. The minimum atomic E-state index is 0.131. The molecule has 1 aliphatic heterocycles. The second-order valence-electron chi connectivity index (χ2n) is 6.25. The van der Waals surface area contributed by atoms with Crippen LogP contribution >= 0.6 is 0 Å². The van der Waals surface area contributed by atoms with E-state index >= 15 is 0 Å². The summed E-state index contributed by atoms with van der Waals surface area (Å²) in [5.41, 5.74) is 2.45. The molecule has 1 N–H and O–H groups in total. The Balaban J connectivity index is 1.40. The predicted octanol–water partition coefficient (Wildman–Crippen LogP) is 2.66. The molecule has 0 aromatic heterocycles. The quantitative estimate of drug-likeness (QED) is 0.890. The summed E-state index contributed by atoms with van der Waals surface area (Å²) in [7, 11) is 0. The number of carbonyl (C=O) groups is 1. The summed E-state index contributed by atoms with van der Waals surface area (Å²) in [5.74, 6) is 0.131. The molecule has 3 heteroatoms. The Morgan fingerprint density at radius 3 is 2.35 bits per heavy atom. The number of hydrogen-bond donors (Lipinski definition) is 1. The largest absolute Gasteiger partial charge is 0.352 e. The number of rotatable bonds is 6. The van der Waals surface area contributed by atoms with Gasteiger partial charge in [0.15, 0.2) is 0 Å². The molecule has 120 valence electrons. The molecule has 1 fully saturated rings. The van der Waals surface area contributed by atoms with Crippen molar-refractivity contribution in [2.45, 2.75) is 25.3 Å². The molecule has 1 atom stereocenters. The summed E-state index contributed by atoms with van der Waals surface area (Å²) in [6.45, 7) is 3.10. The third-order valence-corrected chi connectivity index (χ3v) is 4.40. The lowest BCUT2D eigenvalue weighted by atomic mass is 10.1. The van der Waals surface area contributed by atoms with Crippen molar-refractivity contribution in [1.82, 2.24) is 10.2 Å². The smallest absolute Gasteiger partial charge is 0.224 e. The van der Waals surface area contributed by atoms with E-state index in [-0.39, 0.29) is 5.91 Å². The maximum absolute atomic E-state index is 12.1. The van der Waals surface area contributed by atoms with Crippen LogP contribution in [-0.2, 0) is 17.6 Å². The first-order chi connectivity index (χ1) is 11.3. The molecule has 2 aromatic rings. The average Bonchev–Trinajstić information content (AvgIpc) is 3.02. The number of likely N-dealkylation sites (tertiary alicyclic amines) is 1. The second kappa shape index (κ2) is 7.93. The summed E-state index contributed by atoms with van der Waals surface area (Å²) in [4.78, 5) is 14.6. The van der Waals surface area contributed by atoms with Gasteiger partial charge >= 0.3 is 0 Å². The van der Waals surface area contributed by atoms with E-state index < -0.39 is 0 Å². The van der Waals surface area contributed by atoms with E-state index in [1.165, 1.54) is 5.56 Å². The zero-order chi connectivity index (χ0) is 15.9. The standard InChI is InChI=1S/C20H24N2O/c23-20(15-18-9-5-2-6-10-18)21-19-12-14-22(16-19)13-11-17-7-3-1-4-8-17/h1-10,19H,11-16H2,(H,21,23). The first kappa shape index (κ1) is 15.8. The Bertz CT molecular complexity index is 612. The van der Waals surface area contributed by atoms with Crippen LogP contribution in [0.2, 0.25) is 0 Å². The van der Waals surface area contributed by atoms with Crippen LogP contribution in [0.5, 0.6) is 0 Å². The number of benzene rings is 2. The minimum Gasteiger partial charge on any atom is -0.352 e. The van der Waals surface area contributed by atoms with Gasteiger partial charge in [-0.05, 0) is 24.0 Å². The molecule has 0 saturated carbocycles. The molecule has 1 unspecified atom stereocenters. The normalized spacial score (nSPS) is 18.0. The van der Waals surface area contributed by atoms with Gasteiger partial charge in [0, 0.05) is 25.7 Å². The van der Waals surface area contributed by atoms with Crippen LogP contribution in [0.3, 0.4) is 0 Å². The molecule has 0 radical (unpaired) electrons. The van der Waals surface area contributed by atoms with Crippen LogP contribution in [0.1, 0.15) is 17.5 Å². The highest BCUT2D eigenvalue weighted by Gasteiger charge is 2.23. The Morgan fingerprint density at radius 1 is 1.00 bits per heavy atom. The Labute approximate surface area is 138 Å². The van der Waals surface area contributed by atoms with Gasteiger partial charge in [0.25, 0.3) is 0 Å². The topological polar surface area (TPSA) is 32.3 Å². The molecule has 0 aliphatic carbocycles. The molecule has 1 heterocycles. The fourth-order valence-corrected chi connectivity index (χ4v) is 3.15. The zero-order valence-electron chi connectivity index (χ0n) is 13.4. The van der Waals surface area contributed by atoms with Crippen LogP contribution in [0.4, 0.5) is 0 Å². The molecule has 23 heavy (non-hydrogen) atoms. The Hall–Kier alpha value is -2.13. The van der Waals surface area contributed by atoms with Crippen molar-refractivity contribution in [1.29, 1.82) is 0 Å². The molecule has 3 nitrogen and oxygen atoms in total. The fourth-order valence-electron chi connectivity index (χ4n) is 3.15. The first-order valence-electron chi connectivity index (χ1n) is 8.39. The van der Waals surface area contributed by atoms with Crippen molar-refractivity contribution in [2.24, 2.45) is 0 Å². The number of nitrogens with zero attached hydrogens (tertiary/aromatic N) is 1. The summed E-state index contributed by atoms with van der Waals surface area (Å²) in [6, 6.07) is 20.8. The number of amides is 1. The maximum atomic E-state index is 12.1. The van der Waals surface area contributed by atoms with Gasteiger partial charge in [0.2, 0.25) is 5.91 Å². The van der Waals surface area contributed by atoms with Crippen LogP contribution in [0.25, 0.3) is 0 Å². The molecule has 1 saturated heterocycles. The molecule has 2 aromatic carbocycles.